The highest BCUT2D eigenvalue weighted by molar-refractivity contribution is 5.95. The second-order valence-corrected chi connectivity index (χ2v) is 5.34. The summed E-state index contributed by atoms with van der Waals surface area (Å²) in [5, 5.41) is 3.31. The molecule has 0 aromatic heterocycles. The second-order valence-electron chi connectivity index (χ2n) is 5.34. The van der Waals surface area contributed by atoms with Gasteiger partial charge in [0.1, 0.15) is 0 Å². The first-order chi connectivity index (χ1) is 10.2. The number of fused-ring (bicyclic) bond motifs is 1. The lowest BCUT2D eigenvalue weighted by Crippen LogP contribution is -2.43. The summed E-state index contributed by atoms with van der Waals surface area (Å²) >= 11 is 0. The lowest BCUT2D eigenvalue weighted by Gasteiger charge is -2.29. The van der Waals surface area contributed by atoms with Gasteiger partial charge in [0.25, 0.3) is 5.91 Å². The maximum absolute atomic E-state index is 12.8. The van der Waals surface area contributed by atoms with Gasteiger partial charge in [-0.15, -0.1) is 0 Å². The number of hydrogen-bond donors (Lipinski definition) is 1. The van der Waals surface area contributed by atoms with Crippen LogP contribution in [0.25, 0.3) is 0 Å². The van der Waals surface area contributed by atoms with Crippen molar-refractivity contribution in [3.8, 4) is 0 Å². The van der Waals surface area contributed by atoms with Crippen LogP contribution < -0.4 is 5.32 Å². The molecular formula is C16H24N2O3. The minimum absolute atomic E-state index is 0.0176. The van der Waals surface area contributed by atoms with Crippen molar-refractivity contribution in [2.24, 2.45) is 0 Å². The number of benzene rings is 1. The summed E-state index contributed by atoms with van der Waals surface area (Å²) in [7, 11) is 3.29. The smallest absolute Gasteiger partial charge is 0.254 e. The Bertz CT molecular complexity index is 490. The Balaban J connectivity index is 2.16. The lowest BCUT2D eigenvalue weighted by molar-refractivity contribution is 0.0479. The van der Waals surface area contributed by atoms with E-state index < -0.39 is 0 Å². The van der Waals surface area contributed by atoms with Crippen LogP contribution in [0.4, 0.5) is 5.69 Å². The van der Waals surface area contributed by atoms with Gasteiger partial charge in [-0.25, -0.2) is 0 Å². The average molecular weight is 292 g/mol. The van der Waals surface area contributed by atoms with E-state index in [9.17, 15) is 4.79 Å². The van der Waals surface area contributed by atoms with Gasteiger partial charge in [-0.2, -0.15) is 0 Å². The third-order valence-electron chi connectivity index (χ3n) is 3.80. The van der Waals surface area contributed by atoms with Gasteiger partial charge in [-0.3, -0.25) is 4.79 Å². The summed E-state index contributed by atoms with van der Waals surface area (Å²) in [6.07, 6.45) is 0.974. The molecule has 1 unspecified atom stereocenters. The summed E-state index contributed by atoms with van der Waals surface area (Å²) in [6, 6.07) is 5.89. The third kappa shape index (κ3) is 3.74. The molecule has 0 radical (unpaired) electrons. The highest BCUT2D eigenvalue weighted by Crippen LogP contribution is 2.24. The highest BCUT2D eigenvalue weighted by Gasteiger charge is 2.22. The van der Waals surface area contributed by atoms with Crippen molar-refractivity contribution in [1.82, 2.24) is 4.90 Å². The van der Waals surface area contributed by atoms with Gasteiger partial charge in [0, 0.05) is 38.6 Å². The first-order valence-electron chi connectivity index (χ1n) is 7.33. The molecule has 1 heterocycles. The van der Waals surface area contributed by atoms with Crippen molar-refractivity contribution in [3.63, 3.8) is 0 Å². The van der Waals surface area contributed by atoms with Gasteiger partial charge in [0.2, 0.25) is 0 Å². The zero-order chi connectivity index (χ0) is 15.2. The predicted octanol–water partition coefficient (Wildman–Crippen LogP) is 1.78. The molecule has 1 aromatic rings. The Hall–Kier alpha value is -1.59. The van der Waals surface area contributed by atoms with E-state index in [1.807, 2.05) is 30.0 Å². The maximum Gasteiger partial charge on any atom is 0.254 e. The molecule has 1 aliphatic heterocycles. The van der Waals surface area contributed by atoms with E-state index in [0.717, 1.165) is 24.2 Å². The van der Waals surface area contributed by atoms with E-state index in [0.29, 0.717) is 19.8 Å². The number of carbonyl (C=O) groups excluding carboxylic acids is 1. The van der Waals surface area contributed by atoms with E-state index in [1.165, 1.54) is 5.56 Å². The molecule has 5 heteroatoms. The molecule has 5 nitrogen and oxygen atoms in total. The van der Waals surface area contributed by atoms with E-state index in [1.54, 1.807) is 14.2 Å². The van der Waals surface area contributed by atoms with E-state index in [2.05, 4.69) is 5.32 Å². The van der Waals surface area contributed by atoms with Crippen LogP contribution >= 0.6 is 0 Å². The lowest BCUT2D eigenvalue weighted by atomic mass is 10.1. The largest absolute Gasteiger partial charge is 0.384 e. The summed E-state index contributed by atoms with van der Waals surface area (Å²) in [5.74, 6) is 0.0336. The second kappa shape index (κ2) is 7.43. The first kappa shape index (κ1) is 15.8. The number of ether oxygens (including phenoxy) is 2. The SMILES string of the molecule is COCCN(C(=O)c1ccc2c(c1)CCN2)C(C)COC. The van der Waals surface area contributed by atoms with Crippen LogP contribution in [0.5, 0.6) is 0 Å². The van der Waals surface area contributed by atoms with Gasteiger partial charge in [0.05, 0.1) is 19.3 Å². The Kier molecular flexibility index (Phi) is 5.59. The number of hydrogen-bond acceptors (Lipinski definition) is 4. The highest BCUT2D eigenvalue weighted by atomic mass is 16.5. The van der Waals surface area contributed by atoms with Gasteiger partial charge < -0.3 is 19.7 Å². The number of carbonyl (C=O) groups is 1. The standard InChI is InChI=1S/C16H24N2O3/c1-12(11-21-3)18(8-9-20-2)16(19)14-4-5-15-13(10-14)6-7-17-15/h4-5,10,12,17H,6-9,11H2,1-3H3. The molecule has 1 amide bonds. The number of anilines is 1. The number of amides is 1. The quantitative estimate of drug-likeness (QED) is 0.832. The molecule has 1 N–H and O–H groups in total. The first-order valence-corrected chi connectivity index (χ1v) is 7.33. The monoisotopic (exact) mass is 292 g/mol. The minimum Gasteiger partial charge on any atom is -0.384 e. The average Bonchev–Trinajstić information content (AvgIpc) is 2.95. The number of nitrogens with zero attached hydrogens (tertiary/aromatic N) is 1. The maximum atomic E-state index is 12.8. The fourth-order valence-corrected chi connectivity index (χ4v) is 2.65. The fourth-order valence-electron chi connectivity index (χ4n) is 2.65. The van der Waals surface area contributed by atoms with Gasteiger partial charge in [-0.05, 0) is 37.1 Å². The van der Waals surface area contributed by atoms with E-state index >= 15 is 0 Å². The fraction of sp³-hybridized carbons (Fsp3) is 0.562. The van der Waals surface area contributed by atoms with Crippen LogP contribution in [-0.4, -0.2) is 57.4 Å². The van der Waals surface area contributed by atoms with E-state index in [4.69, 9.17) is 9.47 Å². The molecule has 2 rings (SSSR count). The summed E-state index contributed by atoms with van der Waals surface area (Å²) in [4.78, 5) is 14.6. The normalized spacial score (nSPS) is 14.4. The summed E-state index contributed by atoms with van der Waals surface area (Å²) < 4.78 is 10.3. The van der Waals surface area contributed by atoms with Crippen molar-refractivity contribution in [2.45, 2.75) is 19.4 Å². The molecule has 21 heavy (non-hydrogen) atoms. The summed E-state index contributed by atoms with van der Waals surface area (Å²) in [6.45, 7) is 4.54. The Labute approximate surface area is 126 Å². The molecule has 0 spiro atoms. The van der Waals surface area contributed by atoms with Crippen LogP contribution in [0.15, 0.2) is 18.2 Å². The topological polar surface area (TPSA) is 50.8 Å². The van der Waals surface area contributed by atoms with Crippen LogP contribution in [-0.2, 0) is 15.9 Å². The van der Waals surface area contributed by atoms with Crippen molar-refractivity contribution >= 4 is 11.6 Å². The minimum atomic E-state index is 0.0176. The van der Waals surface area contributed by atoms with Crippen molar-refractivity contribution in [1.29, 1.82) is 0 Å². The number of methoxy groups -OCH3 is 2. The van der Waals surface area contributed by atoms with Gasteiger partial charge >= 0.3 is 0 Å². The van der Waals surface area contributed by atoms with Crippen LogP contribution in [0.3, 0.4) is 0 Å². The molecule has 0 bridgehead atoms. The van der Waals surface area contributed by atoms with Gasteiger partial charge in [-0.1, -0.05) is 0 Å². The Morgan fingerprint density at radius 3 is 2.90 bits per heavy atom. The van der Waals surface area contributed by atoms with E-state index in [-0.39, 0.29) is 11.9 Å². The zero-order valence-electron chi connectivity index (χ0n) is 13.0. The molecule has 1 aliphatic rings. The van der Waals surface area contributed by atoms with Crippen molar-refractivity contribution in [2.75, 3.05) is 45.8 Å². The molecule has 1 atom stereocenters. The predicted molar refractivity (Wildman–Crippen MR) is 82.9 cm³/mol. The summed E-state index contributed by atoms with van der Waals surface area (Å²) in [5.41, 5.74) is 3.09. The number of nitrogens with one attached hydrogen (secondary N) is 1. The van der Waals surface area contributed by atoms with Crippen LogP contribution in [0.1, 0.15) is 22.8 Å². The Morgan fingerprint density at radius 1 is 1.38 bits per heavy atom. The Morgan fingerprint density at radius 2 is 2.19 bits per heavy atom. The third-order valence-corrected chi connectivity index (χ3v) is 3.80. The van der Waals surface area contributed by atoms with Crippen LogP contribution in [0.2, 0.25) is 0 Å². The molecule has 116 valence electrons. The van der Waals surface area contributed by atoms with Crippen molar-refractivity contribution in [3.05, 3.63) is 29.3 Å². The molecule has 1 aromatic carbocycles. The zero-order valence-corrected chi connectivity index (χ0v) is 13.0. The van der Waals surface area contributed by atoms with Gasteiger partial charge in [0.15, 0.2) is 0 Å². The molecular weight excluding hydrogens is 268 g/mol. The van der Waals surface area contributed by atoms with Crippen LogP contribution in [0, 0.1) is 0 Å². The molecule has 0 saturated carbocycles. The molecule has 0 saturated heterocycles. The molecule has 0 aliphatic carbocycles. The van der Waals surface area contributed by atoms with Crippen molar-refractivity contribution < 1.29 is 14.3 Å². The number of rotatable bonds is 7. The molecule has 0 fully saturated rings.